The Morgan fingerprint density at radius 3 is 2.83 bits per heavy atom. The number of carbonyl (C=O) groups excluding carboxylic acids is 3. The molecule has 2 heterocycles. The zero-order chi connectivity index (χ0) is 20.8. The third-order valence-corrected chi connectivity index (χ3v) is 5.61. The highest BCUT2D eigenvalue weighted by Gasteiger charge is 2.35. The SMILES string of the molecule is CO[C@H]1C[C@@H](C(=O)NCCn2cc(C)nn2)CC[C@@H]1NC(=O)CN1CCCC1=O. The zero-order valence-electron chi connectivity index (χ0n) is 17.1. The van der Waals surface area contributed by atoms with Crippen molar-refractivity contribution in [3.05, 3.63) is 11.9 Å². The fourth-order valence-corrected chi connectivity index (χ4v) is 4.03. The highest BCUT2D eigenvalue weighted by atomic mass is 16.5. The van der Waals surface area contributed by atoms with Crippen molar-refractivity contribution in [2.75, 3.05) is 26.7 Å². The van der Waals surface area contributed by atoms with Gasteiger partial charge < -0.3 is 20.3 Å². The number of hydrogen-bond acceptors (Lipinski definition) is 6. The van der Waals surface area contributed by atoms with E-state index in [1.807, 2.05) is 13.1 Å². The summed E-state index contributed by atoms with van der Waals surface area (Å²) in [7, 11) is 1.60. The van der Waals surface area contributed by atoms with Crippen molar-refractivity contribution in [1.82, 2.24) is 30.5 Å². The van der Waals surface area contributed by atoms with Crippen LogP contribution in [-0.4, -0.2) is 76.5 Å². The van der Waals surface area contributed by atoms with Gasteiger partial charge in [-0.1, -0.05) is 5.21 Å². The first-order valence-electron chi connectivity index (χ1n) is 10.2. The van der Waals surface area contributed by atoms with E-state index in [1.165, 1.54) is 0 Å². The number of nitrogens with one attached hydrogen (secondary N) is 2. The van der Waals surface area contributed by atoms with E-state index in [0.29, 0.717) is 45.3 Å². The Morgan fingerprint density at radius 2 is 2.17 bits per heavy atom. The molecule has 3 atom stereocenters. The van der Waals surface area contributed by atoms with Crippen molar-refractivity contribution in [2.45, 2.75) is 57.7 Å². The summed E-state index contributed by atoms with van der Waals surface area (Å²) in [6.07, 6.45) is 4.83. The lowest BCUT2D eigenvalue weighted by Gasteiger charge is -2.35. The highest BCUT2D eigenvalue weighted by Crippen LogP contribution is 2.27. The molecule has 0 radical (unpaired) electrons. The lowest BCUT2D eigenvalue weighted by atomic mass is 9.83. The van der Waals surface area contributed by atoms with Crippen LogP contribution in [0.4, 0.5) is 0 Å². The largest absolute Gasteiger partial charge is 0.379 e. The second-order valence-electron chi connectivity index (χ2n) is 7.79. The summed E-state index contributed by atoms with van der Waals surface area (Å²) in [4.78, 5) is 38.1. The molecule has 2 N–H and O–H groups in total. The number of nitrogens with zero attached hydrogens (tertiary/aromatic N) is 4. The lowest BCUT2D eigenvalue weighted by Crippen LogP contribution is -2.52. The van der Waals surface area contributed by atoms with Crippen LogP contribution in [0.3, 0.4) is 0 Å². The maximum atomic E-state index is 12.5. The minimum absolute atomic E-state index is 0.00340. The Kier molecular flexibility index (Phi) is 7.18. The molecule has 1 aliphatic heterocycles. The molecule has 0 unspecified atom stereocenters. The van der Waals surface area contributed by atoms with Crippen LogP contribution in [0.15, 0.2) is 6.20 Å². The minimum Gasteiger partial charge on any atom is -0.379 e. The van der Waals surface area contributed by atoms with Crippen LogP contribution < -0.4 is 10.6 Å². The lowest BCUT2D eigenvalue weighted by molar-refractivity contribution is -0.134. The van der Waals surface area contributed by atoms with E-state index in [4.69, 9.17) is 4.74 Å². The minimum atomic E-state index is -0.226. The molecule has 1 aliphatic carbocycles. The van der Waals surface area contributed by atoms with Crippen LogP contribution in [0.2, 0.25) is 0 Å². The first kappa shape index (κ1) is 21.2. The Hall–Kier alpha value is -2.49. The molecule has 1 saturated carbocycles. The number of methoxy groups -OCH3 is 1. The third kappa shape index (κ3) is 5.75. The molecule has 1 saturated heterocycles. The van der Waals surface area contributed by atoms with Crippen LogP contribution in [0.25, 0.3) is 0 Å². The number of carbonyl (C=O) groups is 3. The molecule has 10 nitrogen and oxygen atoms in total. The number of amides is 3. The fraction of sp³-hybridized carbons (Fsp3) is 0.737. The predicted molar refractivity (Wildman–Crippen MR) is 104 cm³/mol. The Morgan fingerprint density at radius 1 is 1.34 bits per heavy atom. The van der Waals surface area contributed by atoms with Crippen LogP contribution in [0, 0.1) is 12.8 Å². The van der Waals surface area contributed by atoms with Gasteiger partial charge in [0.05, 0.1) is 30.9 Å². The number of aryl methyl sites for hydroxylation is 1. The molecule has 10 heteroatoms. The van der Waals surface area contributed by atoms with E-state index < -0.39 is 0 Å². The normalized spacial score (nSPS) is 24.6. The maximum absolute atomic E-state index is 12.5. The van der Waals surface area contributed by atoms with Crippen LogP contribution in [-0.2, 0) is 25.7 Å². The van der Waals surface area contributed by atoms with E-state index >= 15 is 0 Å². The maximum Gasteiger partial charge on any atom is 0.239 e. The first-order chi connectivity index (χ1) is 14.0. The van der Waals surface area contributed by atoms with Crippen LogP contribution in [0.5, 0.6) is 0 Å². The van der Waals surface area contributed by atoms with Gasteiger partial charge in [-0.25, -0.2) is 0 Å². The molecule has 1 aromatic rings. The second kappa shape index (κ2) is 9.82. The summed E-state index contributed by atoms with van der Waals surface area (Å²) in [5.74, 6) is -0.287. The summed E-state index contributed by atoms with van der Waals surface area (Å²) in [6.45, 7) is 3.66. The van der Waals surface area contributed by atoms with Crippen molar-refractivity contribution in [2.24, 2.45) is 5.92 Å². The molecule has 0 aromatic carbocycles. The molecule has 0 spiro atoms. The van der Waals surface area contributed by atoms with Gasteiger partial charge in [0.1, 0.15) is 0 Å². The molecule has 2 fully saturated rings. The number of aromatic nitrogens is 3. The molecule has 3 amide bonds. The standard InChI is InChI=1S/C19H30N6O4/c1-13-11-25(23-22-13)9-7-20-19(28)14-5-6-15(16(10-14)29-2)21-17(26)12-24-8-3-4-18(24)27/h11,14-16H,3-10,12H2,1-2H3,(H,20,28)(H,21,26)/t14-,15-,16-/m0/s1. The van der Waals surface area contributed by atoms with E-state index in [9.17, 15) is 14.4 Å². The van der Waals surface area contributed by atoms with E-state index in [1.54, 1.807) is 16.7 Å². The van der Waals surface area contributed by atoms with Crippen molar-refractivity contribution in [3.63, 3.8) is 0 Å². The highest BCUT2D eigenvalue weighted by molar-refractivity contribution is 5.86. The summed E-state index contributed by atoms with van der Waals surface area (Å²) in [5, 5.41) is 13.8. The zero-order valence-corrected chi connectivity index (χ0v) is 17.1. The van der Waals surface area contributed by atoms with Crippen molar-refractivity contribution >= 4 is 17.7 Å². The summed E-state index contributed by atoms with van der Waals surface area (Å²) < 4.78 is 7.25. The first-order valence-corrected chi connectivity index (χ1v) is 10.2. The average molecular weight is 406 g/mol. The number of ether oxygens (including phenoxy) is 1. The van der Waals surface area contributed by atoms with Gasteiger partial charge in [-0.15, -0.1) is 5.10 Å². The molecule has 0 bridgehead atoms. The monoisotopic (exact) mass is 406 g/mol. The summed E-state index contributed by atoms with van der Waals surface area (Å²) >= 11 is 0. The third-order valence-electron chi connectivity index (χ3n) is 5.61. The van der Waals surface area contributed by atoms with Crippen molar-refractivity contribution in [3.8, 4) is 0 Å². The fourth-order valence-electron chi connectivity index (χ4n) is 4.03. The van der Waals surface area contributed by atoms with Crippen LogP contribution >= 0.6 is 0 Å². The van der Waals surface area contributed by atoms with Gasteiger partial charge >= 0.3 is 0 Å². The number of rotatable bonds is 8. The van der Waals surface area contributed by atoms with Gasteiger partial charge in [0.15, 0.2) is 0 Å². The van der Waals surface area contributed by atoms with Crippen LogP contribution in [0.1, 0.15) is 37.8 Å². The number of likely N-dealkylation sites (tertiary alicyclic amines) is 1. The molecule has 29 heavy (non-hydrogen) atoms. The van der Waals surface area contributed by atoms with Gasteiger partial charge in [0.2, 0.25) is 17.7 Å². The van der Waals surface area contributed by atoms with E-state index in [2.05, 4.69) is 20.9 Å². The smallest absolute Gasteiger partial charge is 0.239 e. The van der Waals surface area contributed by atoms with E-state index in [-0.39, 0.29) is 42.3 Å². The summed E-state index contributed by atoms with van der Waals surface area (Å²) in [6, 6.07) is -0.146. The Balaban J connectivity index is 1.42. The average Bonchev–Trinajstić information content (AvgIpc) is 3.30. The van der Waals surface area contributed by atoms with Gasteiger partial charge in [-0.3, -0.25) is 19.1 Å². The predicted octanol–water partition coefficient (Wildman–Crippen LogP) is -0.375. The van der Waals surface area contributed by atoms with Gasteiger partial charge in [0, 0.05) is 38.7 Å². The topological polar surface area (TPSA) is 118 Å². The van der Waals surface area contributed by atoms with Crippen molar-refractivity contribution in [1.29, 1.82) is 0 Å². The molecule has 1 aromatic heterocycles. The molecular weight excluding hydrogens is 376 g/mol. The van der Waals surface area contributed by atoms with Gasteiger partial charge in [-0.05, 0) is 32.6 Å². The van der Waals surface area contributed by atoms with Gasteiger partial charge in [0.25, 0.3) is 0 Å². The van der Waals surface area contributed by atoms with Crippen molar-refractivity contribution < 1.29 is 19.1 Å². The quantitative estimate of drug-likeness (QED) is 0.608. The molecule has 3 rings (SSSR count). The molecule has 2 aliphatic rings. The molecular formula is C19H30N6O4. The molecule has 160 valence electrons. The Labute approximate surface area is 170 Å². The summed E-state index contributed by atoms with van der Waals surface area (Å²) in [5.41, 5.74) is 0.841. The van der Waals surface area contributed by atoms with E-state index in [0.717, 1.165) is 12.1 Å². The van der Waals surface area contributed by atoms with Gasteiger partial charge in [-0.2, -0.15) is 0 Å². The Bertz CT molecular complexity index is 736. The number of hydrogen-bond donors (Lipinski definition) is 2. The second-order valence-corrected chi connectivity index (χ2v) is 7.79.